The molecule has 0 aromatic carbocycles. The zero-order valence-corrected chi connectivity index (χ0v) is 14.9. The van der Waals surface area contributed by atoms with Crippen LogP contribution in [0.15, 0.2) is 16.3 Å². The summed E-state index contributed by atoms with van der Waals surface area (Å²) in [4.78, 5) is 8.19. The third kappa shape index (κ3) is 4.58. The van der Waals surface area contributed by atoms with Gasteiger partial charge in [-0.1, -0.05) is 31.5 Å². The van der Waals surface area contributed by atoms with Crippen LogP contribution in [0.4, 0.5) is 0 Å². The molecule has 0 aliphatic heterocycles. The molecule has 3 heteroatoms. The molecule has 0 unspecified atom stereocenters. The van der Waals surface area contributed by atoms with Gasteiger partial charge >= 0.3 is 0 Å². The molecule has 2 rings (SSSR count). The molecule has 2 aliphatic rings. The van der Waals surface area contributed by atoms with Gasteiger partial charge in [-0.3, -0.25) is 0 Å². The average molecular weight is 306 g/mol. The zero-order chi connectivity index (χ0) is 15.8. The van der Waals surface area contributed by atoms with E-state index in [4.69, 9.17) is 4.84 Å². The molecule has 2 aliphatic carbocycles. The maximum atomic E-state index is 5.47. The Balaban J connectivity index is 2.04. The Morgan fingerprint density at radius 2 is 1.82 bits per heavy atom. The lowest BCUT2D eigenvalue weighted by molar-refractivity contribution is 0.143. The highest BCUT2D eigenvalue weighted by Crippen LogP contribution is 2.36. The van der Waals surface area contributed by atoms with Gasteiger partial charge in [0.2, 0.25) is 0 Å². The lowest BCUT2D eigenvalue weighted by atomic mass is 9.78. The first-order chi connectivity index (χ1) is 10.8. The molecule has 0 saturated carbocycles. The Kier molecular flexibility index (Phi) is 7.44. The number of hydrogen-bond donors (Lipinski definition) is 0. The first-order valence-electron chi connectivity index (χ1n) is 9.44. The van der Waals surface area contributed by atoms with Gasteiger partial charge in [-0.2, -0.15) is 0 Å². The van der Waals surface area contributed by atoms with Crippen molar-refractivity contribution in [3.05, 3.63) is 11.1 Å². The lowest BCUT2D eigenvalue weighted by Gasteiger charge is -2.37. The standard InChI is InChI=1S/C19H34N2O/c1-4-12-21(13-5-2)17-10-11-18-16(15-17)8-7-9-19(18)20-22-14-6-3/h17H,4-15H2,1-3H3/b20-19+/t17-/m0/s1. The van der Waals surface area contributed by atoms with Crippen LogP contribution in [-0.4, -0.2) is 36.3 Å². The summed E-state index contributed by atoms with van der Waals surface area (Å²) in [7, 11) is 0. The van der Waals surface area contributed by atoms with E-state index in [9.17, 15) is 0 Å². The molecule has 0 amide bonds. The van der Waals surface area contributed by atoms with Gasteiger partial charge in [0.15, 0.2) is 0 Å². The Bertz CT molecular complexity index is 394. The summed E-state index contributed by atoms with van der Waals surface area (Å²) in [6, 6.07) is 0.759. The highest BCUT2D eigenvalue weighted by Gasteiger charge is 2.29. The van der Waals surface area contributed by atoms with Gasteiger partial charge in [-0.05, 0) is 76.5 Å². The van der Waals surface area contributed by atoms with E-state index < -0.39 is 0 Å². The van der Waals surface area contributed by atoms with E-state index in [-0.39, 0.29) is 0 Å². The second-order valence-corrected chi connectivity index (χ2v) is 6.74. The van der Waals surface area contributed by atoms with Crippen molar-refractivity contribution >= 4 is 5.71 Å². The zero-order valence-electron chi connectivity index (χ0n) is 14.9. The molecular weight excluding hydrogens is 272 g/mol. The first kappa shape index (κ1) is 17.5. The topological polar surface area (TPSA) is 24.8 Å². The molecule has 0 spiro atoms. The smallest absolute Gasteiger partial charge is 0.116 e. The van der Waals surface area contributed by atoms with Crippen LogP contribution in [-0.2, 0) is 4.84 Å². The predicted molar refractivity (Wildman–Crippen MR) is 94.3 cm³/mol. The average Bonchev–Trinajstić information content (AvgIpc) is 2.54. The van der Waals surface area contributed by atoms with Crippen LogP contribution >= 0.6 is 0 Å². The van der Waals surface area contributed by atoms with Crippen LogP contribution in [0.2, 0.25) is 0 Å². The third-order valence-electron chi connectivity index (χ3n) is 4.89. The quantitative estimate of drug-likeness (QED) is 0.469. The molecule has 0 aromatic heterocycles. The summed E-state index contributed by atoms with van der Waals surface area (Å²) in [6.07, 6.45) is 11.0. The van der Waals surface area contributed by atoms with E-state index in [2.05, 4.69) is 30.8 Å². The van der Waals surface area contributed by atoms with Gasteiger partial charge in [0.05, 0.1) is 5.71 Å². The number of nitrogens with zero attached hydrogens (tertiary/aromatic N) is 2. The molecule has 0 radical (unpaired) electrons. The largest absolute Gasteiger partial charge is 0.396 e. The summed E-state index contributed by atoms with van der Waals surface area (Å²) in [5.41, 5.74) is 4.48. The van der Waals surface area contributed by atoms with Gasteiger partial charge in [0, 0.05) is 6.04 Å². The van der Waals surface area contributed by atoms with Crippen LogP contribution < -0.4 is 0 Å². The van der Waals surface area contributed by atoms with Crippen molar-refractivity contribution in [3.63, 3.8) is 0 Å². The third-order valence-corrected chi connectivity index (χ3v) is 4.89. The molecule has 0 fully saturated rings. The number of rotatable bonds is 8. The minimum absolute atomic E-state index is 0.746. The van der Waals surface area contributed by atoms with Crippen molar-refractivity contribution in [1.82, 2.24) is 4.90 Å². The van der Waals surface area contributed by atoms with E-state index in [0.717, 1.165) is 25.5 Å². The van der Waals surface area contributed by atoms with Crippen LogP contribution in [0.25, 0.3) is 0 Å². The summed E-state index contributed by atoms with van der Waals surface area (Å²) in [5, 5.41) is 4.45. The van der Waals surface area contributed by atoms with Crippen molar-refractivity contribution in [3.8, 4) is 0 Å². The maximum absolute atomic E-state index is 5.47. The van der Waals surface area contributed by atoms with Crippen LogP contribution in [0.3, 0.4) is 0 Å². The number of allylic oxidation sites excluding steroid dienone is 1. The minimum atomic E-state index is 0.746. The van der Waals surface area contributed by atoms with E-state index in [1.807, 2.05) is 0 Å². The van der Waals surface area contributed by atoms with Gasteiger partial charge in [0.25, 0.3) is 0 Å². The molecule has 0 aromatic rings. The van der Waals surface area contributed by atoms with Crippen molar-refractivity contribution < 1.29 is 4.84 Å². The summed E-state index contributed by atoms with van der Waals surface area (Å²) in [6.45, 7) is 9.98. The number of hydrogen-bond acceptors (Lipinski definition) is 3. The SMILES string of the molecule is CCCO/N=C1\CCCC2=C1CC[C@H](N(CCC)CCC)C2. The summed E-state index contributed by atoms with van der Waals surface area (Å²) < 4.78 is 0. The molecular formula is C19H34N2O. The lowest BCUT2D eigenvalue weighted by Crippen LogP contribution is -2.39. The van der Waals surface area contributed by atoms with E-state index in [1.54, 1.807) is 11.1 Å². The maximum Gasteiger partial charge on any atom is 0.116 e. The van der Waals surface area contributed by atoms with E-state index in [0.29, 0.717) is 0 Å². The molecule has 0 N–H and O–H groups in total. The van der Waals surface area contributed by atoms with Gasteiger partial charge in [-0.25, -0.2) is 0 Å². The van der Waals surface area contributed by atoms with Crippen LogP contribution in [0, 0.1) is 0 Å². The summed E-state index contributed by atoms with van der Waals surface area (Å²) >= 11 is 0. The molecule has 0 bridgehead atoms. The Hall–Kier alpha value is -0.830. The van der Waals surface area contributed by atoms with Gasteiger partial charge in [-0.15, -0.1) is 0 Å². The summed E-state index contributed by atoms with van der Waals surface area (Å²) in [5.74, 6) is 0. The van der Waals surface area contributed by atoms with Gasteiger partial charge in [0.1, 0.15) is 6.61 Å². The molecule has 126 valence electrons. The molecule has 0 heterocycles. The molecule has 22 heavy (non-hydrogen) atoms. The fourth-order valence-corrected chi connectivity index (χ4v) is 3.90. The van der Waals surface area contributed by atoms with Crippen LogP contribution in [0.5, 0.6) is 0 Å². The predicted octanol–water partition coefficient (Wildman–Crippen LogP) is 4.92. The Morgan fingerprint density at radius 1 is 1.05 bits per heavy atom. The second kappa shape index (κ2) is 9.34. The second-order valence-electron chi connectivity index (χ2n) is 6.74. The van der Waals surface area contributed by atoms with Crippen molar-refractivity contribution in [1.29, 1.82) is 0 Å². The van der Waals surface area contributed by atoms with E-state index in [1.165, 1.54) is 63.7 Å². The fourth-order valence-electron chi connectivity index (χ4n) is 3.90. The van der Waals surface area contributed by atoms with Crippen LogP contribution in [0.1, 0.15) is 78.6 Å². The molecule has 0 saturated heterocycles. The highest BCUT2D eigenvalue weighted by molar-refractivity contribution is 6.01. The van der Waals surface area contributed by atoms with Crippen molar-refractivity contribution in [2.24, 2.45) is 5.16 Å². The Morgan fingerprint density at radius 3 is 2.50 bits per heavy atom. The highest BCUT2D eigenvalue weighted by atomic mass is 16.6. The van der Waals surface area contributed by atoms with Crippen molar-refractivity contribution in [2.75, 3.05) is 19.7 Å². The monoisotopic (exact) mass is 306 g/mol. The molecule has 3 nitrogen and oxygen atoms in total. The normalized spacial score (nSPS) is 24.0. The Labute approximate surface area is 136 Å². The molecule has 1 atom stereocenters. The van der Waals surface area contributed by atoms with E-state index >= 15 is 0 Å². The fraction of sp³-hybridized carbons (Fsp3) is 0.842. The number of oxime groups is 1. The minimum Gasteiger partial charge on any atom is -0.396 e. The van der Waals surface area contributed by atoms with Gasteiger partial charge < -0.3 is 9.74 Å². The van der Waals surface area contributed by atoms with Crippen molar-refractivity contribution in [2.45, 2.75) is 84.6 Å². The first-order valence-corrected chi connectivity index (χ1v) is 9.44.